The lowest BCUT2D eigenvalue weighted by atomic mass is 10.1. The summed E-state index contributed by atoms with van der Waals surface area (Å²) in [6, 6.07) is 0. The minimum Gasteiger partial charge on any atom is -0.388 e. The van der Waals surface area contributed by atoms with Crippen LogP contribution >= 0.6 is 7.82 Å². The lowest BCUT2D eigenvalue weighted by molar-refractivity contribution is -0.164. The van der Waals surface area contributed by atoms with Crippen molar-refractivity contribution in [3.63, 3.8) is 0 Å². The van der Waals surface area contributed by atoms with E-state index in [1.54, 1.807) is 0 Å². The molecule has 3 atom stereocenters. The van der Waals surface area contributed by atoms with E-state index in [0.29, 0.717) is 0 Å². The number of aliphatic hydroxyl groups excluding tert-OH is 3. The predicted molar refractivity (Wildman–Crippen MR) is 50.6 cm³/mol. The molecule has 0 radical (unpaired) electrons. The maximum Gasteiger partial charge on any atom is 0.469 e. The van der Waals surface area contributed by atoms with Crippen LogP contribution in [0.15, 0.2) is 0 Å². The first-order valence-corrected chi connectivity index (χ1v) is 5.85. The van der Waals surface area contributed by atoms with Crippen molar-refractivity contribution in [1.29, 1.82) is 0 Å². The second-order valence-electron chi connectivity index (χ2n) is 3.14. The number of nitrogens with zero attached hydrogens (tertiary/aromatic N) is 1. The van der Waals surface area contributed by atoms with Crippen LogP contribution in [-0.2, 0) is 13.9 Å². The summed E-state index contributed by atoms with van der Waals surface area (Å²) in [5.74, 6) is 0. The smallest absolute Gasteiger partial charge is 0.388 e. The normalized spacial score (nSPS) is 17.3. The van der Waals surface area contributed by atoms with Crippen LogP contribution in [0.25, 0.3) is 0 Å². The van der Waals surface area contributed by atoms with Gasteiger partial charge in [-0.3, -0.25) is 14.5 Å². The molecule has 6 N–H and O–H groups in total. The summed E-state index contributed by atoms with van der Waals surface area (Å²) >= 11 is 0. The van der Waals surface area contributed by atoms with Gasteiger partial charge < -0.3 is 25.1 Å². The van der Waals surface area contributed by atoms with Crippen molar-refractivity contribution in [2.45, 2.75) is 18.3 Å². The van der Waals surface area contributed by atoms with Crippen LogP contribution in [0.1, 0.15) is 0 Å². The molecule has 0 heterocycles. The first kappa shape index (κ1) is 16.4. The average molecular weight is 275 g/mol. The number of phosphoric acid groups is 1. The quantitative estimate of drug-likeness (QED) is 0.117. The van der Waals surface area contributed by atoms with Gasteiger partial charge in [-0.15, -0.1) is 0 Å². The van der Waals surface area contributed by atoms with Gasteiger partial charge in [0.2, 0.25) is 6.41 Å². The maximum absolute atomic E-state index is 10.3. The highest BCUT2D eigenvalue weighted by Gasteiger charge is 2.28. The standard InChI is InChI=1S/C6H14NO9P/c8-3-7(12)1-4(9)6(11)5(10)2-16-17(13,14)15/h3-6,9-12H,1-2H2,(H2,13,14,15)/t4-,5+,6-/m0/s1. The van der Waals surface area contributed by atoms with E-state index in [-0.39, 0.29) is 11.5 Å². The second-order valence-corrected chi connectivity index (χ2v) is 4.38. The highest BCUT2D eigenvalue weighted by Crippen LogP contribution is 2.35. The van der Waals surface area contributed by atoms with Gasteiger partial charge in [0.1, 0.15) is 18.3 Å². The molecule has 17 heavy (non-hydrogen) atoms. The predicted octanol–water partition coefficient (Wildman–Crippen LogP) is -2.97. The van der Waals surface area contributed by atoms with Crippen molar-refractivity contribution in [2.24, 2.45) is 0 Å². The molecule has 0 rings (SSSR count). The molecule has 0 unspecified atom stereocenters. The van der Waals surface area contributed by atoms with Crippen molar-refractivity contribution >= 4 is 14.2 Å². The zero-order valence-corrected chi connectivity index (χ0v) is 9.42. The molecule has 0 aromatic rings. The molecule has 0 aliphatic heterocycles. The largest absolute Gasteiger partial charge is 0.469 e. The minimum atomic E-state index is -4.79. The zero-order chi connectivity index (χ0) is 13.6. The molecule has 102 valence electrons. The molecule has 0 aromatic heterocycles. The minimum absolute atomic E-state index is 0.0322. The Balaban J connectivity index is 4.15. The van der Waals surface area contributed by atoms with Crippen LogP contribution in [0.5, 0.6) is 0 Å². The number of carbonyl (C=O) groups excluding carboxylic acids is 1. The highest BCUT2D eigenvalue weighted by molar-refractivity contribution is 7.46. The van der Waals surface area contributed by atoms with Gasteiger partial charge in [0.25, 0.3) is 0 Å². The zero-order valence-electron chi connectivity index (χ0n) is 8.53. The fourth-order valence-corrected chi connectivity index (χ4v) is 1.22. The van der Waals surface area contributed by atoms with Gasteiger partial charge in [0.15, 0.2) is 0 Å². The van der Waals surface area contributed by atoms with Crippen molar-refractivity contribution in [3.05, 3.63) is 0 Å². The Morgan fingerprint density at radius 1 is 1.24 bits per heavy atom. The van der Waals surface area contributed by atoms with E-state index >= 15 is 0 Å². The van der Waals surface area contributed by atoms with Crippen LogP contribution in [0.2, 0.25) is 0 Å². The topological polar surface area (TPSA) is 168 Å². The van der Waals surface area contributed by atoms with E-state index in [0.717, 1.165) is 0 Å². The summed E-state index contributed by atoms with van der Waals surface area (Å²) in [4.78, 5) is 26.6. The van der Waals surface area contributed by atoms with E-state index in [4.69, 9.17) is 15.0 Å². The fourth-order valence-electron chi connectivity index (χ4n) is 0.871. The molecule has 0 bridgehead atoms. The molecular weight excluding hydrogens is 261 g/mol. The van der Waals surface area contributed by atoms with Crippen LogP contribution in [0, 0.1) is 0 Å². The van der Waals surface area contributed by atoms with Gasteiger partial charge in [-0.2, -0.15) is 0 Å². The molecule has 0 fully saturated rings. The van der Waals surface area contributed by atoms with Crippen LogP contribution < -0.4 is 0 Å². The Hall–Kier alpha value is -0.580. The Morgan fingerprint density at radius 2 is 1.76 bits per heavy atom. The molecular formula is C6H14NO9P. The first-order valence-electron chi connectivity index (χ1n) is 4.32. The van der Waals surface area contributed by atoms with Gasteiger partial charge in [0.05, 0.1) is 13.2 Å². The Labute approximate surface area is 95.9 Å². The van der Waals surface area contributed by atoms with Crippen LogP contribution in [-0.4, -0.2) is 73.3 Å². The number of hydroxylamine groups is 2. The summed E-state index contributed by atoms with van der Waals surface area (Å²) in [5, 5.41) is 36.3. The molecule has 11 heteroatoms. The molecule has 0 aliphatic carbocycles. The van der Waals surface area contributed by atoms with Crippen molar-refractivity contribution in [1.82, 2.24) is 5.06 Å². The number of phosphoric ester groups is 1. The van der Waals surface area contributed by atoms with Crippen molar-refractivity contribution in [3.8, 4) is 0 Å². The lowest BCUT2D eigenvalue weighted by Crippen LogP contribution is -2.45. The highest BCUT2D eigenvalue weighted by atomic mass is 31.2. The number of hydrogen-bond donors (Lipinski definition) is 6. The Morgan fingerprint density at radius 3 is 2.18 bits per heavy atom. The van der Waals surface area contributed by atoms with Crippen LogP contribution in [0.3, 0.4) is 0 Å². The van der Waals surface area contributed by atoms with Crippen LogP contribution in [0.4, 0.5) is 0 Å². The molecule has 0 spiro atoms. The number of amides is 1. The number of aliphatic hydroxyl groups is 3. The third-order valence-corrected chi connectivity index (χ3v) is 2.18. The summed E-state index contributed by atoms with van der Waals surface area (Å²) in [7, 11) is -4.79. The molecule has 0 aliphatic rings. The first-order chi connectivity index (χ1) is 7.67. The van der Waals surface area contributed by atoms with Gasteiger partial charge in [-0.1, -0.05) is 0 Å². The molecule has 1 amide bonds. The van der Waals surface area contributed by atoms with E-state index in [2.05, 4.69) is 4.52 Å². The Kier molecular flexibility index (Phi) is 6.75. The third-order valence-electron chi connectivity index (χ3n) is 1.70. The molecule has 0 saturated heterocycles. The second kappa shape index (κ2) is 6.99. The van der Waals surface area contributed by atoms with Gasteiger partial charge in [-0.25, -0.2) is 9.63 Å². The Bertz CT molecular complexity index is 281. The molecule has 10 nitrogen and oxygen atoms in total. The SMILES string of the molecule is O=CN(O)C[C@H](O)[C@H](O)[C@H](O)COP(=O)(O)O. The van der Waals surface area contributed by atoms with Gasteiger partial charge >= 0.3 is 7.82 Å². The van der Waals surface area contributed by atoms with Gasteiger partial charge in [-0.05, 0) is 0 Å². The molecule has 0 saturated carbocycles. The van der Waals surface area contributed by atoms with Crippen molar-refractivity contribution in [2.75, 3.05) is 13.2 Å². The summed E-state index contributed by atoms with van der Waals surface area (Å²) < 4.78 is 14.2. The lowest BCUT2D eigenvalue weighted by Gasteiger charge is -2.24. The monoisotopic (exact) mass is 275 g/mol. The number of rotatable bonds is 8. The number of carbonyl (C=O) groups is 1. The number of hydrogen-bond acceptors (Lipinski definition) is 7. The van der Waals surface area contributed by atoms with Gasteiger partial charge in [0, 0.05) is 0 Å². The van der Waals surface area contributed by atoms with E-state index in [1.807, 2.05) is 0 Å². The van der Waals surface area contributed by atoms with E-state index in [1.165, 1.54) is 0 Å². The third kappa shape index (κ3) is 7.36. The summed E-state index contributed by atoms with van der Waals surface area (Å²) in [5.41, 5.74) is 0. The average Bonchev–Trinajstić information content (AvgIpc) is 2.23. The molecule has 0 aromatic carbocycles. The summed E-state index contributed by atoms with van der Waals surface area (Å²) in [6.45, 7) is -1.60. The van der Waals surface area contributed by atoms with E-state index < -0.39 is 39.3 Å². The summed E-state index contributed by atoms with van der Waals surface area (Å²) in [6.07, 6.45) is -5.39. The van der Waals surface area contributed by atoms with E-state index in [9.17, 15) is 24.7 Å². The maximum atomic E-state index is 10.3. The van der Waals surface area contributed by atoms with Crippen molar-refractivity contribution < 1.29 is 44.2 Å². The fraction of sp³-hybridized carbons (Fsp3) is 0.833.